The summed E-state index contributed by atoms with van der Waals surface area (Å²) < 4.78 is 1.71. The molecule has 0 radical (unpaired) electrons. The molecule has 1 heterocycles. The van der Waals surface area contributed by atoms with Gasteiger partial charge in [0.05, 0.1) is 16.7 Å². The smallest absolute Gasteiger partial charge is 0.262 e. The van der Waals surface area contributed by atoms with Crippen molar-refractivity contribution in [1.82, 2.24) is 9.55 Å². The first-order chi connectivity index (χ1) is 13.8. The molecular weight excluding hydrogens is 382 g/mol. The summed E-state index contributed by atoms with van der Waals surface area (Å²) in [5.74, 6) is 0.554. The predicted molar refractivity (Wildman–Crippen MR) is 121 cm³/mol. The molecule has 0 atom stereocenters. The van der Waals surface area contributed by atoms with Gasteiger partial charge in [0.2, 0.25) is 5.91 Å². The third kappa shape index (κ3) is 5.26. The number of hydrogen-bond acceptors (Lipinski definition) is 4. The molecule has 0 aliphatic rings. The van der Waals surface area contributed by atoms with E-state index >= 15 is 0 Å². The van der Waals surface area contributed by atoms with E-state index in [1.807, 2.05) is 50.2 Å². The van der Waals surface area contributed by atoms with Crippen LogP contribution in [0, 0.1) is 19.8 Å². The number of para-hydroxylation sites is 1. The van der Waals surface area contributed by atoms with Crippen LogP contribution in [0.3, 0.4) is 0 Å². The van der Waals surface area contributed by atoms with Gasteiger partial charge in [-0.1, -0.05) is 55.4 Å². The number of carbonyl (C=O) groups excluding carboxylic acids is 1. The third-order valence-electron chi connectivity index (χ3n) is 4.75. The SMILES string of the molecule is Cc1ccc(NC(=O)CSc2nc3ccccc3c(=O)n2CCC(C)C)c(C)c1. The fourth-order valence-corrected chi connectivity index (χ4v) is 3.94. The molecule has 0 aliphatic heterocycles. The number of aryl methyl sites for hydroxylation is 2. The van der Waals surface area contributed by atoms with Crippen molar-refractivity contribution in [1.29, 1.82) is 0 Å². The molecule has 0 saturated heterocycles. The molecule has 0 bridgehead atoms. The highest BCUT2D eigenvalue weighted by Gasteiger charge is 2.14. The van der Waals surface area contributed by atoms with Gasteiger partial charge in [-0.3, -0.25) is 14.2 Å². The van der Waals surface area contributed by atoms with Crippen molar-refractivity contribution < 1.29 is 4.79 Å². The lowest BCUT2D eigenvalue weighted by Gasteiger charge is -2.14. The summed E-state index contributed by atoms with van der Waals surface area (Å²) in [4.78, 5) is 30.2. The zero-order valence-electron chi connectivity index (χ0n) is 17.4. The number of rotatable bonds is 7. The van der Waals surface area contributed by atoms with Crippen molar-refractivity contribution in [3.05, 3.63) is 63.9 Å². The molecule has 29 heavy (non-hydrogen) atoms. The molecule has 1 N–H and O–H groups in total. The fraction of sp³-hybridized carbons (Fsp3) is 0.348. The number of benzene rings is 2. The van der Waals surface area contributed by atoms with Gasteiger partial charge in [0.1, 0.15) is 0 Å². The van der Waals surface area contributed by atoms with Gasteiger partial charge in [0, 0.05) is 12.2 Å². The lowest BCUT2D eigenvalue weighted by Crippen LogP contribution is -2.25. The van der Waals surface area contributed by atoms with Gasteiger partial charge in [-0.15, -0.1) is 0 Å². The Morgan fingerprint density at radius 2 is 1.93 bits per heavy atom. The Morgan fingerprint density at radius 1 is 1.17 bits per heavy atom. The van der Waals surface area contributed by atoms with Crippen LogP contribution in [0.2, 0.25) is 0 Å². The number of nitrogens with zero attached hydrogens (tertiary/aromatic N) is 2. The highest BCUT2D eigenvalue weighted by Crippen LogP contribution is 2.21. The molecule has 0 spiro atoms. The molecule has 3 aromatic rings. The Kier molecular flexibility index (Phi) is 6.75. The second kappa shape index (κ2) is 9.27. The first-order valence-corrected chi connectivity index (χ1v) is 10.8. The van der Waals surface area contributed by atoms with Crippen LogP contribution in [0.1, 0.15) is 31.4 Å². The van der Waals surface area contributed by atoms with Gasteiger partial charge in [-0.05, 0) is 49.9 Å². The molecule has 5 nitrogen and oxygen atoms in total. The molecule has 0 fully saturated rings. The Bertz CT molecular complexity index is 1090. The number of hydrogen-bond donors (Lipinski definition) is 1. The minimum absolute atomic E-state index is 0.0477. The van der Waals surface area contributed by atoms with Crippen molar-refractivity contribution in [2.75, 3.05) is 11.1 Å². The monoisotopic (exact) mass is 409 g/mol. The van der Waals surface area contributed by atoms with Crippen LogP contribution in [-0.4, -0.2) is 21.2 Å². The van der Waals surface area contributed by atoms with E-state index in [-0.39, 0.29) is 17.2 Å². The number of aromatic nitrogens is 2. The molecule has 0 unspecified atom stereocenters. The highest BCUT2D eigenvalue weighted by atomic mass is 32.2. The number of fused-ring (bicyclic) bond motifs is 1. The summed E-state index contributed by atoms with van der Waals surface area (Å²) in [6.45, 7) is 8.85. The minimum Gasteiger partial charge on any atom is -0.325 e. The Balaban J connectivity index is 1.81. The summed E-state index contributed by atoms with van der Waals surface area (Å²) in [7, 11) is 0. The van der Waals surface area contributed by atoms with Crippen molar-refractivity contribution in [2.45, 2.75) is 45.8 Å². The van der Waals surface area contributed by atoms with Crippen LogP contribution < -0.4 is 10.9 Å². The summed E-state index contributed by atoms with van der Waals surface area (Å²) in [5, 5.41) is 4.15. The van der Waals surface area contributed by atoms with E-state index in [1.54, 1.807) is 10.6 Å². The van der Waals surface area contributed by atoms with Gasteiger partial charge < -0.3 is 5.32 Å². The van der Waals surface area contributed by atoms with Gasteiger partial charge in [0.25, 0.3) is 5.56 Å². The van der Waals surface area contributed by atoms with E-state index in [1.165, 1.54) is 11.8 Å². The minimum atomic E-state index is -0.111. The first kappa shape index (κ1) is 21.1. The van der Waals surface area contributed by atoms with Gasteiger partial charge >= 0.3 is 0 Å². The predicted octanol–water partition coefficient (Wildman–Crippen LogP) is 4.79. The summed E-state index contributed by atoms with van der Waals surface area (Å²) >= 11 is 1.30. The van der Waals surface area contributed by atoms with Gasteiger partial charge in [-0.2, -0.15) is 0 Å². The lowest BCUT2D eigenvalue weighted by molar-refractivity contribution is -0.113. The molecule has 0 saturated carbocycles. The number of amides is 1. The lowest BCUT2D eigenvalue weighted by atomic mass is 10.1. The van der Waals surface area contributed by atoms with E-state index in [4.69, 9.17) is 0 Å². The molecule has 3 rings (SSSR count). The quantitative estimate of drug-likeness (QED) is 0.450. The van der Waals surface area contributed by atoms with E-state index in [2.05, 4.69) is 24.1 Å². The average molecular weight is 410 g/mol. The fourth-order valence-electron chi connectivity index (χ4n) is 3.11. The molecule has 152 valence electrons. The largest absolute Gasteiger partial charge is 0.325 e. The second-order valence-electron chi connectivity index (χ2n) is 7.71. The normalized spacial score (nSPS) is 11.2. The average Bonchev–Trinajstić information content (AvgIpc) is 2.68. The topological polar surface area (TPSA) is 64.0 Å². The van der Waals surface area contributed by atoms with Gasteiger partial charge in [-0.25, -0.2) is 4.98 Å². The zero-order valence-corrected chi connectivity index (χ0v) is 18.2. The zero-order chi connectivity index (χ0) is 21.0. The van der Waals surface area contributed by atoms with E-state index in [9.17, 15) is 9.59 Å². The van der Waals surface area contributed by atoms with Crippen molar-refractivity contribution >= 4 is 34.3 Å². The van der Waals surface area contributed by atoms with Gasteiger partial charge in [0.15, 0.2) is 5.16 Å². The summed E-state index contributed by atoms with van der Waals surface area (Å²) in [6.07, 6.45) is 0.877. The summed E-state index contributed by atoms with van der Waals surface area (Å²) in [5.41, 5.74) is 3.61. The molecule has 6 heteroatoms. The maximum atomic E-state index is 13.0. The maximum absolute atomic E-state index is 13.0. The maximum Gasteiger partial charge on any atom is 0.262 e. The molecule has 1 amide bonds. The van der Waals surface area contributed by atoms with Crippen molar-refractivity contribution in [3.63, 3.8) is 0 Å². The third-order valence-corrected chi connectivity index (χ3v) is 5.72. The number of nitrogens with one attached hydrogen (secondary N) is 1. The van der Waals surface area contributed by atoms with Crippen LogP contribution in [0.4, 0.5) is 5.69 Å². The van der Waals surface area contributed by atoms with Crippen LogP contribution in [-0.2, 0) is 11.3 Å². The molecular formula is C23H27N3O2S. The van der Waals surface area contributed by atoms with Crippen LogP contribution >= 0.6 is 11.8 Å². The molecule has 0 aliphatic carbocycles. The van der Waals surface area contributed by atoms with Crippen LogP contribution in [0.5, 0.6) is 0 Å². The van der Waals surface area contributed by atoms with Crippen molar-refractivity contribution in [2.24, 2.45) is 5.92 Å². The van der Waals surface area contributed by atoms with Crippen LogP contribution in [0.25, 0.3) is 10.9 Å². The molecule has 2 aromatic carbocycles. The Morgan fingerprint density at radius 3 is 2.66 bits per heavy atom. The molecule has 1 aromatic heterocycles. The highest BCUT2D eigenvalue weighted by molar-refractivity contribution is 7.99. The standard InChI is InChI=1S/C23H27N3O2S/c1-15(2)11-12-26-22(28)18-7-5-6-8-20(18)25-23(26)29-14-21(27)24-19-10-9-16(3)13-17(19)4/h5-10,13,15H,11-12,14H2,1-4H3,(H,24,27). The van der Waals surface area contributed by atoms with E-state index < -0.39 is 0 Å². The Labute approximate surface area is 175 Å². The van der Waals surface area contributed by atoms with Crippen LogP contribution in [0.15, 0.2) is 52.4 Å². The van der Waals surface area contributed by atoms with Crippen molar-refractivity contribution in [3.8, 4) is 0 Å². The number of thioether (sulfide) groups is 1. The Hall–Kier alpha value is -2.60. The van der Waals surface area contributed by atoms with E-state index in [0.717, 1.165) is 23.2 Å². The summed E-state index contributed by atoms with van der Waals surface area (Å²) in [6, 6.07) is 13.3. The second-order valence-corrected chi connectivity index (χ2v) is 8.65. The number of anilines is 1. The number of carbonyl (C=O) groups is 1. The van der Waals surface area contributed by atoms with E-state index in [0.29, 0.717) is 28.5 Å². The first-order valence-electron chi connectivity index (χ1n) is 9.84.